The Morgan fingerprint density at radius 1 is 1.25 bits per heavy atom. The molecule has 1 amide bonds. The number of likely N-dealkylation sites (tertiary alicyclic amines) is 1. The fourth-order valence-electron chi connectivity index (χ4n) is 3.82. The standard InChI is InChI=1S/C18H25FN2O3/c19-17-11-20-8-5-16(17)14-1-3-15(4-2-14)24-12-13-6-9-21(10-7-13)18(22)23/h5,8,11,13-15H,1-4,6-7,9-10,12H2,(H,22,23). The fourth-order valence-corrected chi connectivity index (χ4v) is 3.82. The zero-order valence-corrected chi connectivity index (χ0v) is 13.9. The van der Waals surface area contributed by atoms with Crippen molar-refractivity contribution in [1.29, 1.82) is 0 Å². The van der Waals surface area contributed by atoms with Gasteiger partial charge in [-0.25, -0.2) is 9.18 Å². The largest absolute Gasteiger partial charge is 0.465 e. The first-order chi connectivity index (χ1) is 11.6. The van der Waals surface area contributed by atoms with E-state index >= 15 is 0 Å². The Kier molecular flexibility index (Phi) is 5.66. The van der Waals surface area contributed by atoms with Crippen LogP contribution in [0.15, 0.2) is 18.5 Å². The Balaban J connectivity index is 1.39. The number of pyridine rings is 1. The number of rotatable bonds is 4. The summed E-state index contributed by atoms with van der Waals surface area (Å²) in [5.41, 5.74) is 0.782. The second kappa shape index (κ2) is 7.92. The molecule has 2 aliphatic rings. The number of carboxylic acid groups (broad SMARTS) is 1. The van der Waals surface area contributed by atoms with Crippen molar-refractivity contribution in [3.05, 3.63) is 29.8 Å². The van der Waals surface area contributed by atoms with E-state index in [2.05, 4.69) is 4.98 Å². The summed E-state index contributed by atoms with van der Waals surface area (Å²) in [5, 5.41) is 8.96. The first-order valence-electron chi connectivity index (χ1n) is 8.82. The van der Waals surface area contributed by atoms with Gasteiger partial charge < -0.3 is 14.7 Å². The Labute approximate surface area is 141 Å². The maximum atomic E-state index is 13.8. The highest BCUT2D eigenvalue weighted by atomic mass is 19.1. The SMILES string of the molecule is O=C(O)N1CCC(COC2CCC(c3ccncc3F)CC2)CC1. The highest BCUT2D eigenvalue weighted by Crippen LogP contribution is 2.35. The van der Waals surface area contributed by atoms with Gasteiger partial charge in [0.25, 0.3) is 0 Å². The number of ether oxygens (including phenoxy) is 1. The Morgan fingerprint density at radius 2 is 1.96 bits per heavy atom. The maximum Gasteiger partial charge on any atom is 0.407 e. The molecule has 0 bridgehead atoms. The zero-order chi connectivity index (χ0) is 16.9. The van der Waals surface area contributed by atoms with Crippen LogP contribution in [0.4, 0.5) is 9.18 Å². The molecule has 1 aromatic rings. The average Bonchev–Trinajstić information content (AvgIpc) is 2.61. The van der Waals surface area contributed by atoms with Crippen molar-refractivity contribution >= 4 is 6.09 Å². The van der Waals surface area contributed by atoms with E-state index in [1.165, 1.54) is 11.1 Å². The second-order valence-corrected chi connectivity index (χ2v) is 6.92. The predicted octanol–water partition coefficient (Wildman–Crippen LogP) is 3.65. The van der Waals surface area contributed by atoms with Crippen LogP contribution in [0.25, 0.3) is 0 Å². The topological polar surface area (TPSA) is 62.7 Å². The Bertz CT molecular complexity index is 553. The van der Waals surface area contributed by atoms with Crippen LogP contribution in [0.3, 0.4) is 0 Å². The number of halogens is 1. The lowest BCUT2D eigenvalue weighted by Gasteiger charge is -2.33. The van der Waals surface area contributed by atoms with Crippen LogP contribution < -0.4 is 0 Å². The lowest BCUT2D eigenvalue weighted by molar-refractivity contribution is -0.00686. The van der Waals surface area contributed by atoms with Crippen molar-refractivity contribution in [2.24, 2.45) is 5.92 Å². The summed E-state index contributed by atoms with van der Waals surface area (Å²) in [6.45, 7) is 1.93. The molecule has 132 valence electrons. The number of hydrogen-bond donors (Lipinski definition) is 1. The van der Waals surface area contributed by atoms with Gasteiger partial charge in [-0.05, 0) is 62.0 Å². The summed E-state index contributed by atoms with van der Waals surface area (Å²) >= 11 is 0. The molecular formula is C18H25FN2O3. The van der Waals surface area contributed by atoms with Gasteiger partial charge in [-0.1, -0.05) is 0 Å². The molecule has 2 fully saturated rings. The van der Waals surface area contributed by atoms with E-state index in [-0.39, 0.29) is 17.8 Å². The lowest BCUT2D eigenvalue weighted by Crippen LogP contribution is -2.39. The summed E-state index contributed by atoms with van der Waals surface area (Å²) < 4.78 is 19.9. The third-order valence-corrected chi connectivity index (χ3v) is 5.37. The Morgan fingerprint density at radius 3 is 2.58 bits per heavy atom. The second-order valence-electron chi connectivity index (χ2n) is 6.92. The Hall–Kier alpha value is -1.69. The van der Waals surface area contributed by atoms with Crippen LogP contribution in [-0.2, 0) is 4.74 Å². The molecule has 0 unspecified atom stereocenters. The van der Waals surface area contributed by atoms with E-state index in [1.807, 2.05) is 0 Å². The van der Waals surface area contributed by atoms with Crippen LogP contribution in [-0.4, -0.2) is 46.9 Å². The first-order valence-corrected chi connectivity index (χ1v) is 8.82. The van der Waals surface area contributed by atoms with E-state index in [0.717, 1.165) is 44.1 Å². The van der Waals surface area contributed by atoms with Crippen molar-refractivity contribution < 1.29 is 19.0 Å². The van der Waals surface area contributed by atoms with Gasteiger partial charge in [-0.15, -0.1) is 0 Å². The molecule has 3 rings (SSSR count). The fraction of sp³-hybridized carbons (Fsp3) is 0.667. The van der Waals surface area contributed by atoms with Crippen LogP contribution in [0, 0.1) is 11.7 Å². The lowest BCUT2D eigenvalue weighted by atomic mass is 9.83. The molecule has 0 aromatic carbocycles. The molecule has 5 nitrogen and oxygen atoms in total. The van der Waals surface area contributed by atoms with E-state index in [1.54, 1.807) is 12.3 Å². The molecule has 24 heavy (non-hydrogen) atoms. The predicted molar refractivity (Wildman–Crippen MR) is 87.5 cm³/mol. The molecule has 1 N–H and O–H groups in total. The molecule has 0 radical (unpaired) electrons. The molecule has 1 aliphatic heterocycles. The van der Waals surface area contributed by atoms with Crippen molar-refractivity contribution in [1.82, 2.24) is 9.88 Å². The van der Waals surface area contributed by atoms with Gasteiger partial charge in [0.1, 0.15) is 5.82 Å². The van der Waals surface area contributed by atoms with Crippen LogP contribution in [0.1, 0.15) is 50.0 Å². The molecule has 1 aromatic heterocycles. The molecule has 1 saturated heterocycles. The number of aromatic nitrogens is 1. The summed E-state index contributed by atoms with van der Waals surface area (Å²) in [4.78, 5) is 16.2. The van der Waals surface area contributed by atoms with Crippen molar-refractivity contribution in [2.75, 3.05) is 19.7 Å². The molecule has 0 atom stereocenters. The van der Waals surface area contributed by atoms with Gasteiger partial charge >= 0.3 is 6.09 Å². The third kappa shape index (κ3) is 4.23. The van der Waals surface area contributed by atoms with Crippen molar-refractivity contribution in [2.45, 2.75) is 50.5 Å². The van der Waals surface area contributed by atoms with Gasteiger partial charge in [0, 0.05) is 25.9 Å². The van der Waals surface area contributed by atoms with Gasteiger partial charge in [0.15, 0.2) is 0 Å². The molecule has 1 aliphatic carbocycles. The average molecular weight is 336 g/mol. The minimum Gasteiger partial charge on any atom is -0.465 e. The maximum absolute atomic E-state index is 13.8. The zero-order valence-electron chi connectivity index (χ0n) is 13.9. The van der Waals surface area contributed by atoms with Gasteiger partial charge in [-0.2, -0.15) is 0 Å². The molecular weight excluding hydrogens is 311 g/mol. The number of hydrogen-bond acceptors (Lipinski definition) is 3. The summed E-state index contributed by atoms with van der Waals surface area (Å²) in [6.07, 6.45) is 7.95. The summed E-state index contributed by atoms with van der Waals surface area (Å²) in [6, 6.07) is 1.79. The van der Waals surface area contributed by atoms with Crippen molar-refractivity contribution in [3.8, 4) is 0 Å². The smallest absolute Gasteiger partial charge is 0.407 e. The van der Waals surface area contributed by atoms with Gasteiger partial charge in [0.2, 0.25) is 0 Å². The van der Waals surface area contributed by atoms with Crippen LogP contribution in [0.5, 0.6) is 0 Å². The monoisotopic (exact) mass is 336 g/mol. The normalized spacial score (nSPS) is 25.6. The number of piperidine rings is 1. The summed E-state index contributed by atoms with van der Waals surface area (Å²) in [7, 11) is 0. The van der Waals surface area contributed by atoms with Gasteiger partial charge in [0.05, 0.1) is 12.3 Å². The van der Waals surface area contributed by atoms with Crippen LogP contribution in [0.2, 0.25) is 0 Å². The van der Waals surface area contributed by atoms with Crippen LogP contribution >= 0.6 is 0 Å². The molecule has 1 saturated carbocycles. The highest BCUT2D eigenvalue weighted by Gasteiger charge is 2.27. The molecule has 0 spiro atoms. The van der Waals surface area contributed by atoms with Crippen molar-refractivity contribution in [3.63, 3.8) is 0 Å². The minimum absolute atomic E-state index is 0.202. The third-order valence-electron chi connectivity index (χ3n) is 5.37. The van der Waals surface area contributed by atoms with E-state index < -0.39 is 6.09 Å². The number of amides is 1. The van der Waals surface area contributed by atoms with E-state index in [9.17, 15) is 9.18 Å². The quantitative estimate of drug-likeness (QED) is 0.911. The summed E-state index contributed by atoms with van der Waals surface area (Å²) in [5.74, 6) is 0.523. The number of nitrogens with zero attached hydrogens (tertiary/aromatic N) is 2. The highest BCUT2D eigenvalue weighted by molar-refractivity contribution is 5.64. The van der Waals surface area contributed by atoms with E-state index in [0.29, 0.717) is 25.6 Å². The molecule has 6 heteroatoms. The minimum atomic E-state index is -0.823. The first kappa shape index (κ1) is 17.1. The number of carbonyl (C=O) groups is 1. The van der Waals surface area contributed by atoms with Gasteiger partial charge in [-0.3, -0.25) is 4.98 Å². The molecule has 2 heterocycles. The van der Waals surface area contributed by atoms with E-state index in [4.69, 9.17) is 9.84 Å².